The molecule has 1 saturated carbocycles. The van der Waals surface area contributed by atoms with Crippen LogP contribution in [0.3, 0.4) is 0 Å². The van der Waals surface area contributed by atoms with Crippen LogP contribution in [-0.4, -0.2) is 118 Å². The molecule has 0 bridgehead atoms. The minimum Gasteiger partial charge on any atom is -0.459 e. The van der Waals surface area contributed by atoms with Gasteiger partial charge in [-0.3, -0.25) is 23.7 Å². The minimum absolute atomic E-state index is 0.0189. The summed E-state index contributed by atoms with van der Waals surface area (Å²) in [5.74, 6) is -1.97. The molecule has 3 aliphatic heterocycles. The molecule has 3 aromatic rings. The van der Waals surface area contributed by atoms with Gasteiger partial charge in [-0.1, -0.05) is 38.0 Å². The van der Waals surface area contributed by atoms with Crippen LogP contribution in [0.15, 0.2) is 35.7 Å². The first-order chi connectivity index (χ1) is 30.3. The molecule has 16 nitrogen and oxygen atoms in total. The number of nitrogens with zero attached hydrogens (tertiary/aromatic N) is 5. The number of hydrogen-bond donors (Lipinski definition) is 3. The highest BCUT2D eigenvalue weighted by Crippen LogP contribution is 2.46. The fraction of sp³-hybridized carbons (Fsp3) is 0.652. The molecule has 0 radical (unpaired) electrons. The topological polar surface area (TPSA) is 194 Å². The van der Waals surface area contributed by atoms with Crippen LogP contribution < -0.4 is 20.1 Å². The highest BCUT2D eigenvalue weighted by molar-refractivity contribution is 7.90. The van der Waals surface area contributed by atoms with Crippen molar-refractivity contribution in [3.8, 4) is 16.6 Å². The van der Waals surface area contributed by atoms with Crippen molar-refractivity contribution in [3.05, 3.63) is 41.4 Å². The van der Waals surface area contributed by atoms with Gasteiger partial charge in [0.15, 0.2) is 0 Å². The van der Waals surface area contributed by atoms with E-state index in [0.29, 0.717) is 37.6 Å². The first kappa shape index (κ1) is 47.4. The average Bonchev–Trinajstić information content (AvgIpc) is 3.57. The lowest BCUT2D eigenvalue weighted by atomic mass is 9.94. The number of amides is 4. The van der Waals surface area contributed by atoms with Crippen LogP contribution in [0.4, 0.5) is 4.79 Å². The maximum Gasteiger partial charge on any atom is 0.408 e. The van der Waals surface area contributed by atoms with Gasteiger partial charge in [-0.25, -0.2) is 18.2 Å². The summed E-state index contributed by atoms with van der Waals surface area (Å²) in [6.45, 7) is 14.6. The fourth-order valence-corrected chi connectivity index (χ4v) is 11.1. The summed E-state index contributed by atoms with van der Waals surface area (Å²) < 4.78 is 42.9. The molecule has 64 heavy (non-hydrogen) atoms. The van der Waals surface area contributed by atoms with E-state index in [1.165, 1.54) is 11.8 Å². The second kappa shape index (κ2) is 19.1. The van der Waals surface area contributed by atoms with E-state index in [1.807, 2.05) is 48.8 Å². The molecule has 0 spiro atoms. The number of fused-ring (bicyclic) bond motifs is 3. The molecule has 1 aliphatic carbocycles. The largest absolute Gasteiger partial charge is 0.459 e. The van der Waals surface area contributed by atoms with Crippen molar-refractivity contribution >= 4 is 56.2 Å². The highest BCUT2D eigenvalue weighted by atomic mass is 32.2. The lowest BCUT2D eigenvalue weighted by molar-refractivity contribution is -0.141. The molecule has 3 fully saturated rings. The zero-order chi connectivity index (χ0) is 46.1. The summed E-state index contributed by atoms with van der Waals surface area (Å²) in [5, 5.41) is 7.92. The third-order valence-electron chi connectivity index (χ3n) is 13.0. The van der Waals surface area contributed by atoms with Gasteiger partial charge in [0.2, 0.25) is 21.8 Å². The Hall–Kier alpha value is -4.55. The molecule has 7 rings (SSSR count). The molecule has 6 atom stereocenters. The molecule has 3 N–H and O–H groups in total. The molecule has 350 valence electrons. The van der Waals surface area contributed by atoms with Gasteiger partial charge in [-0.15, -0.1) is 11.3 Å². The normalized spacial score (nSPS) is 26.3. The average molecular weight is 923 g/mol. The Bertz CT molecular complexity index is 2350. The Kier molecular flexibility index (Phi) is 14.2. The molecule has 18 heteroatoms. The molecule has 1 unspecified atom stereocenters. The van der Waals surface area contributed by atoms with E-state index in [9.17, 15) is 27.6 Å². The molecule has 5 heterocycles. The van der Waals surface area contributed by atoms with Gasteiger partial charge in [-0.05, 0) is 119 Å². The number of carbonyl (C=O) groups is 4. The highest BCUT2D eigenvalue weighted by Gasteiger charge is 2.62. The van der Waals surface area contributed by atoms with E-state index in [2.05, 4.69) is 32.7 Å². The third kappa shape index (κ3) is 10.4. The minimum atomic E-state index is -4.03. The molecular formula is C46H66N8O8S2. The van der Waals surface area contributed by atoms with E-state index in [1.54, 1.807) is 39.0 Å². The van der Waals surface area contributed by atoms with Crippen molar-refractivity contribution in [2.45, 2.75) is 159 Å². The third-order valence-corrected chi connectivity index (χ3v) is 15.8. The number of rotatable bonds is 10. The number of nitrogens with one attached hydrogen (secondary N) is 3. The van der Waals surface area contributed by atoms with E-state index in [4.69, 9.17) is 19.4 Å². The lowest BCUT2D eigenvalue weighted by Crippen LogP contribution is -2.58. The fourth-order valence-electron chi connectivity index (χ4n) is 9.06. The van der Waals surface area contributed by atoms with Gasteiger partial charge in [0.1, 0.15) is 39.9 Å². The predicted octanol–water partition coefficient (Wildman–Crippen LogP) is 6.43. The first-order valence-electron chi connectivity index (χ1n) is 23.0. The number of allylic oxidation sites excluding steroid dienone is 1. The zero-order valence-electron chi connectivity index (χ0n) is 38.5. The lowest BCUT2D eigenvalue weighted by Gasteiger charge is -2.30. The van der Waals surface area contributed by atoms with Crippen molar-refractivity contribution in [3.63, 3.8) is 0 Å². The van der Waals surface area contributed by atoms with Crippen molar-refractivity contribution < 1.29 is 37.1 Å². The quantitative estimate of drug-likeness (QED) is 0.190. The second-order valence-electron chi connectivity index (χ2n) is 19.4. The van der Waals surface area contributed by atoms with Crippen molar-refractivity contribution in [2.24, 2.45) is 5.92 Å². The number of hydrogen-bond acceptors (Lipinski definition) is 12. The van der Waals surface area contributed by atoms with Crippen LogP contribution in [-0.2, 0) is 29.1 Å². The van der Waals surface area contributed by atoms with Gasteiger partial charge >= 0.3 is 6.09 Å². The number of alkyl carbamates (subject to hydrolysis) is 1. The van der Waals surface area contributed by atoms with Gasteiger partial charge in [0.25, 0.3) is 11.9 Å². The van der Waals surface area contributed by atoms with Crippen LogP contribution in [0.2, 0.25) is 0 Å². The SMILES string of the molecule is CCC(C)S(=O)(=O)NC(=O)[C@@]12C[C@H]1/C=C\CCCCC[C@H](NC(=O)OC(C)(C)C)C(=O)N1C[C@H](Oc3nc4c(-c5nc(C6CCN(C)CC6)cs5)cccc4n3C(C)C)C[C@H]1C(=O)N2. The Morgan fingerprint density at radius 3 is 2.52 bits per heavy atom. The summed E-state index contributed by atoms with van der Waals surface area (Å²) in [4.78, 5) is 70.6. The summed E-state index contributed by atoms with van der Waals surface area (Å²) in [5.41, 5.74) is 1.22. The van der Waals surface area contributed by atoms with E-state index >= 15 is 0 Å². The van der Waals surface area contributed by atoms with Gasteiger partial charge < -0.3 is 29.9 Å². The molecule has 2 saturated heterocycles. The van der Waals surface area contributed by atoms with Crippen molar-refractivity contribution in [2.75, 3.05) is 26.7 Å². The summed E-state index contributed by atoms with van der Waals surface area (Å²) in [7, 11) is -1.88. The zero-order valence-corrected chi connectivity index (χ0v) is 40.1. The van der Waals surface area contributed by atoms with Crippen LogP contribution in [0.25, 0.3) is 21.6 Å². The van der Waals surface area contributed by atoms with Gasteiger partial charge in [-0.2, -0.15) is 4.98 Å². The molecule has 4 aliphatic rings. The number of sulfonamides is 1. The van der Waals surface area contributed by atoms with Crippen LogP contribution in [0.1, 0.15) is 130 Å². The number of likely N-dealkylation sites (tertiary alicyclic amines) is 1. The first-order valence-corrected chi connectivity index (χ1v) is 25.4. The Morgan fingerprint density at radius 1 is 1.06 bits per heavy atom. The standard InChI is InChI=1S/C46H66N8O8S2/c1-9-29(4)64(59,60)51-42(57)46-25-31(46)16-13-11-10-12-14-18-34(48-44(58)62-45(5,6)7)41(56)53-26-32(24-37(53)39(55)50-46)61-43-49-38-33(17-15-19-36(38)54(43)28(2)3)40-47-35(27-63-40)30-20-22-52(8)23-21-30/h13,15-17,19,27-32,34,37H,9-12,14,18,20-26H2,1-8H3,(H,48,58)(H,50,55)(H,51,57)/b16-13-/t29?,31-,32-,34+,37+,46-/m1/s1. The Labute approximate surface area is 381 Å². The van der Waals surface area contributed by atoms with Crippen LogP contribution in [0.5, 0.6) is 6.01 Å². The molecule has 4 amide bonds. The maximum absolute atomic E-state index is 14.8. The van der Waals surface area contributed by atoms with Crippen molar-refractivity contribution in [1.29, 1.82) is 0 Å². The van der Waals surface area contributed by atoms with Crippen molar-refractivity contribution in [1.82, 2.24) is 39.7 Å². The Morgan fingerprint density at radius 2 is 1.81 bits per heavy atom. The number of carbonyl (C=O) groups excluding carboxylic acids is 4. The number of aromatic nitrogens is 3. The molecule has 2 aromatic heterocycles. The smallest absolute Gasteiger partial charge is 0.408 e. The molecule has 1 aromatic carbocycles. The molecular weight excluding hydrogens is 857 g/mol. The number of thiazole rings is 1. The van der Waals surface area contributed by atoms with Crippen LogP contribution in [0, 0.1) is 5.92 Å². The number of para-hydroxylation sites is 1. The number of ether oxygens (including phenoxy) is 2. The van der Waals surface area contributed by atoms with E-state index < -0.39 is 74.3 Å². The summed E-state index contributed by atoms with van der Waals surface area (Å²) in [6.07, 6.45) is 8.17. The van der Waals surface area contributed by atoms with E-state index in [0.717, 1.165) is 66.1 Å². The predicted molar refractivity (Wildman–Crippen MR) is 246 cm³/mol. The van der Waals surface area contributed by atoms with Gasteiger partial charge in [0, 0.05) is 35.2 Å². The second-order valence-corrected chi connectivity index (χ2v) is 22.4. The van der Waals surface area contributed by atoms with Gasteiger partial charge in [0.05, 0.1) is 23.0 Å². The summed E-state index contributed by atoms with van der Waals surface area (Å²) in [6, 6.07) is 4.11. The number of piperidine rings is 1. The number of imidazole rings is 1. The van der Waals surface area contributed by atoms with Crippen LogP contribution >= 0.6 is 11.3 Å². The monoisotopic (exact) mass is 922 g/mol. The summed E-state index contributed by atoms with van der Waals surface area (Å²) >= 11 is 1.61. The number of benzene rings is 1. The van der Waals surface area contributed by atoms with E-state index in [-0.39, 0.29) is 25.4 Å². The maximum atomic E-state index is 14.8. The Balaban J connectivity index is 1.21.